The number of amides is 1. The molecule has 2 aliphatic heterocycles. The van der Waals surface area contributed by atoms with E-state index in [-0.39, 0.29) is 11.5 Å². The summed E-state index contributed by atoms with van der Waals surface area (Å²) in [6, 6.07) is 17.8. The minimum absolute atomic E-state index is 0.255. The molecule has 8 nitrogen and oxygen atoms in total. The zero-order valence-corrected chi connectivity index (χ0v) is 21.8. The number of anilines is 3. The summed E-state index contributed by atoms with van der Waals surface area (Å²) < 4.78 is 26.1. The molecule has 1 unspecified atom stereocenters. The Morgan fingerprint density at radius 2 is 1.87 bits per heavy atom. The lowest BCUT2D eigenvalue weighted by molar-refractivity contribution is 0.102. The zero-order chi connectivity index (χ0) is 26.8. The number of hydrogen-bond donors (Lipinski definition) is 1. The molecule has 9 heteroatoms. The van der Waals surface area contributed by atoms with Crippen LogP contribution in [0.15, 0.2) is 66.9 Å². The number of hydrogen-bond acceptors (Lipinski definition) is 7. The molecule has 0 bridgehead atoms. The molecular formula is C30H30FN5O3. The predicted octanol–water partition coefficient (Wildman–Crippen LogP) is 5.64. The van der Waals surface area contributed by atoms with Gasteiger partial charge >= 0.3 is 0 Å². The first-order valence-corrected chi connectivity index (χ1v) is 13.3. The molecule has 0 aliphatic carbocycles. The molecule has 6 rings (SSSR count). The molecule has 200 valence electrons. The van der Waals surface area contributed by atoms with Gasteiger partial charge in [-0.3, -0.25) is 4.79 Å². The first-order chi connectivity index (χ1) is 19.0. The van der Waals surface area contributed by atoms with Gasteiger partial charge in [-0.2, -0.15) is 4.98 Å². The van der Waals surface area contributed by atoms with Gasteiger partial charge < -0.3 is 24.6 Å². The van der Waals surface area contributed by atoms with Gasteiger partial charge in [0, 0.05) is 65.6 Å². The van der Waals surface area contributed by atoms with Crippen LogP contribution in [0.3, 0.4) is 0 Å². The maximum absolute atomic E-state index is 14.5. The third-order valence-corrected chi connectivity index (χ3v) is 7.29. The van der Waals surface area contributed by atoms with Crippen LogP contribution in [-0.4, -0.2) is 54.8 Å². The molecular weight excluding hydrogens is 497 g/mol. The van der Waals surface area contributed by atoms with Gasteiger partial charge in [-0.1, -0.05) is 24.3 Å². The van der Waals surface area contributed by atoms with Gasteiger partial charge in [-0.15, -0.1) is 0 Å². The molecule has 1 aromatic heterocycles. The molecule has 3 heterocycles. The van der Waals surface area contributed by atoms with Gasteiger partial charge in [-0.25, -0.2) is 9.37 Å². The van der Waals surface area contributed by atoms with E-state index < -0.39 is 5.82 Å². The van der Waals surface area contributed by atoms with Gasteiger partial charge in [0.2, 0.25) is 11.8 Å². The van der Waals surface area contributed by atoms with Crippen molar-refractivity contribution in [1.29, 1.82) is 0 Å². The lowest BCUT2D eigenvalue weighted by Gasteiger charge is -2.29. The van der Waals surface area contributed by atoms with Crippen molar-refractivity contribution in [2.75, 3.05) is 48.0 Å². The molecule has 1 N–H and O–H groups in total. The van der Waals surface area contributed by atoms with E-state index in [2.05, 4.69) is 27.1 Å². The van der Waals surface area contributed by atoms with E-state index in [0.29, 0.717) is 61.3 Å². The van der Waals surface area contributed by atoms with E-state index in [1.807, 2.05) is 35.2 Å². The summed E-state index contributed by atoms with van der Waals surface area (Å²) >= 11 is 0. The van der Waals surface area contributed by atoms with Crippen LogP contribution in [-0.2, 0) is 4.74 Å². The van der Waals surface area contributed by atoms with Gasteiger partial charge in [0.25, 0.3) is 5.91 Å². The highest BCUT2D eigenvalue weighted by Gasteiger charge is 2.23. The van der Waals surface area contributed by atoms with E-state index in [1.54, 1.807) is 24.4 Å². The van der Waals surface area contributed by atoms with Crippen molar-refractivity contribution in [3.8, 4) is 11.6 Å². The fourth-order valence-corrected chi connectivity index (χ4v) is 5.24. The fourth-order valence-electron chi connectivity index (χ4n) is 5.24. The maximum Gasteiger partial charge on any atom is 0.255 e. The van der Waals surface area contributed by atoms with E-state index in [1.165, 1.54) is 12.1 Å². The number of carbonyl (C=O) groups excluding carboxylic acids is 1. The normalized spacial score (nSPS) is 17.4. The Balaban J connectivity index is 1.25. The minimum Gasteiger partial charge on any atom is -0.438 e. The quantitative estimate of drug-likeness (QED) is 0.348. The average Bonchev–Trinajstić information content (AvgIpc) is 3.40. The number of morpholine rings is 1. The summed E-state index contributed by atoms with van der Waals surface area (Å²) in [5.41, 5.74) is 1.53. The Labute approximate surface area is 226 Å². The third-order valence-electron chi connectivity index (χ3n) is 7.29. The summed E-state index contributed by atoms with van der Waals surface area (Å²) in [4.78, 5) is 26.5. The summed E-state index contributed by atoms with van der Waals surface area (Å²) in [5.74, 6) is 0.894. The molecule has 1 amide bonds. The standard InChI is InChI=1S/C30H30FN5O3/c1-20-5-4-12-36(20)30-32-11-10-28(34-30)39-27-9-8-26(24-6-2-3-7-25(24)27)33-29(37)21-17-22(31)19-23(18-21)35-13-15-38-16-14-35/h2-3,6-11,17-20H,4-5,12-16H2,1H3,(H,33,37). The summed E-state index contributed by atoms with van der Waals surface area (Å²) in [6.07, 6.45) is 3.96. The Kier molecular flexibility index (Phi) is 6.98. The van der Waals surface area contributed by atoms with Crippen molar-refractivity contribution >= 4 is 34.0 Å². The van der Waals surface area contributed by atoms with Gasteiger partial charge in [-0.05, 0) is 50.1 Å². The maximum atomic E-state index is 14.5. The van der Waals surface area contributed by atoms with Crippen molar-refractivity contribution < 1.29 is 18.7 Å². The lowest BCUT2D eigenvalue weighted by Crippen LogP contribution is -2.36. The number of nitrogens with one attached hydrogen (secondary N) is 1. The minimum atomic E-state index is -0.453. The molecule has 4 aromatic rings. The number of rotatable bonds is 6. The van der Waals surface area contributed by atoms with Crippen molar-refractivity contribution in [2.24, 2.45) is 0 Å². The number of benzene rings is 3. The second-order valence-corrected chi connectivity index (χ2v) is 9.89. The average molecular weight is 528 g/mol. The smallest absolute Gasteiger partial charge is 0.255 e. The molecule has 2 saturated heterocycles. The Morgan fingerprint density at radius 1 is 1.05 bits per heavy atom. The van der Waals surface area contributed by atoms with Crippen LogP contribution in [0.4, 0.5) is 21.7 Å². The number of nitrogens with zero attached hydrogens (tertiary/aromatic N) is 4. The monoisotopic (exact) mass is 527 g/mol. The second-order valence-electron chi connectivity index (χ2n) is 9.89. The van der Waals surface area contributed by atoms with Crippen LogP contribution < -0.4 is 19.9 Å². The summed E-state index contributed by atoms with van der Waals surface area (Å²) in [7, 11) is 0. The Hall–Kier alpha value is -4.24. The first-order valence-electron chi connectivity index (χ1n) is 13.3. The third kappa shape index (κ3) is 5.35. The molecule has 0 radical (unpaired) electrons. The zero-order valence-electron chi connectivity index (χ0n) is 21.8. The Morgan fingerprint density at radius 3 is 2.67 bits per heavy atom. The molecule has 0 spiro atoms. The largest absolute Gasteiger partial charge is 0.438 e. The highest BCUT2D eigenvalue weighted by molar-refractivity contribution is 6.10. The van der Waals surface area contributed by atoms with Crippen molar-refractivity contribution in [3.63, 3.8) is 0 Å². The topological polar surface area (TPSA) is 79.8 Å². The molecule has 0 saturated carbocycles. The molecule has 2 aliphatic rings. The molecule has 39 heavy (non-hydrogen) atoms. The predicted molar refractivity (Wildman–Crippen MR) is 149 cm³/mol. The highest BCUT2D eigenvalue weighted by Crippen LogP contribution is 2.35. The lowest BCUT2D eigenvalue weighted by atomic mass is 10.1. The van der Waals surface area contributed by atoms with E-state index in [0.717, 1.165) is 30.2 Å². The van der Waals surface area contributed by atoms with Crippen LogP contribution in [0, 0.1) is 5.82 Å². The van der Waals surface area contributed by atoms with Crippen LogP contribution >= 0.6 is 0 Å². The molecule has 3 aromatic carbocycles. The SMILES string of the molecule is CC1CCCN1c1nccc(Oc2ccc(NC(=O)c3cc(F)cc(N4CCOCC4)c3)c3ccccc23)n1. The van der Waals surface area contributed by atoms with Gasteiger partial charge in [0.1, 0.15) is 11.6 Å². The van der Waals surface area contributed by atoms with Gasteiger partial charge in [0.05, 0.1) is 13.2 Å². The molecule has 2 fully saturated rings. The number of aromatic nitrogens is 2. The highest BCUT2D eigenvalue weighted by atomic mass is 19.1. The van der Waals surface area contributed by atoms with Gasteiger partial charge in [0.15, 0.2) is 0 Å². The van der Waals surface area contributed by atoms with Crippen molar-refractivity contribution in [2.45, 2.75) is 25.8 Å². The van der Waals surface area contributed by atoms with Crippen LogP contribution in [0.2, 0.25) is 0 Å². The van der Waals surface area contributed by atoms with Crippen molar-refractivity contribution in [3.05, 3.63) is 78.2 Å². The number of carbonyl (C=O) groups is 1. The summed E-state index contributed by atoms with van der Waals surface area (Å²) in [6.45, 7) is 5.57. The van der Waals surface area contributed by atoms with Crippen LogP contribution in [0.5, 0.6) is 11.6 Å². The summed E-state index contributed by atoms with van der Waals surface area (Å²) in [5, 5.41) is 4.58. The number of ether oxygens (including phenoxy) is 2. The Bertz CT molecular complexity index is 1510. The number of halogens is 1. The van der Waals surface area contributed by atoms with Crippen LogP contribution in [0.1, 0.15) is 30.1 Å². The molecule has 1 atom stereocenters. The first kappa shape index (κ1) is 25.1. The fraction of sp³-hybridized carbons (Fsp3) is 0.300. The van der Waals surface area contributed by atoms with E-state index >= 15 is 0 Å². The van der Waals surface area contributed by atoms with Crippen LogP contribution in [0.25, 0.3) is 10.8 Å². The van der Waals surface area contributed by atoms with Crippen molar-refractivity contribution in [1.82, 2.24) is 9.97 Å². The number of fused-ring (bicyclic) bond motifs is 1. The van der Waals surface area contributed by atoms with E-state index in [4.69, 9.17) is 9.47 Å². The second kappa shape index (κ2) is 10.9. The van der Waals surface area contributed by atoms with E-state index in [9.17, 15) is 9.18 Å².